The maximum Gasteiger partial charge on any atom is 0.330 e. The van der Waals surface area contributed by atoms with Crippen molar-refractivity contribution in [1.82, 2.24) is 14.1 Å². The summed E-state index contributed by atoms with van der Waals surface area (Å²) >= 11 is 0. The van der Waals surface area contributed by atoms with Crippen molar-refractivity contribution in [3.8, 4) is 0 Å². The normalized spacial score (nSPS) is 19.8. The zero-order valence-electron chi connectivity index (χ0n) is 13.4. The molecule has 0 bridgehead atoms. The zero-order valence-corrected chi connectivity index (χ0v) is 14.6. The van der Waals surface area contributed by atoms with Gasteiger partial charge in [0.25, 0.3) is 0 Å². The Morgan fingerprint density at radius 3 is 1.67 bits per heavy atom. The lowest BCUT2D eigenvalue weighted by molar-refractivity contribution is 0.269. The van der Waals surface area contributed by atoms with Gasteiger partial charge in [0, 0.05) is 29.5 Å². The van der Waals surface area contributed by atoms with E-state index >= 15 is 0 Å². The van der Waals surface area contributed by atoms with Crippen molar-refractivity contribution in [2.75, 3.05) is 0 Å². The van der Waals surface area contributed by atoms with Gasteiger partial charge >= 0.3 is 9.28 Å². The van der Waals surface area contributed by atoms with Crippen molar-refractivity contribution in [3.63, 3.8) is 0 Å². The smallest absolute Gasteiger partial charge is 0.330 e. The molecule has 1 unspecified atom stereocenters. The van der Waals surface area contributed by atoms with Crippen molar-refractivity contribution < 1.29 is 0 Å². The molecule has 0 spiro atoms. The Hall–Kier alpha value is -0.483. The Kier molecular flexibility index (Phi) is 4.54. The van der Waals surface area contributed by atoms with E-state index in [1.165, 1.54) is 6.42 Å². The minimum absolute atomic E-state index is 0.188. The first-order valence-corrected chi connectivity index (χ1v) is 8.69. The van der Waals surface area contributed by atoms with Crippen LogP contribution in [0.25, 0.3) is 0 Å². The van der Waals surface area contributed by atoms with E-state index in [9.17, 15) is 0 Å². The molecule has 0 fully saturated rings. The lowest BCUT2D eigenvalue weighted by atomic mass is 10.1. The van der Waals surface area contributed by atoms with Gasteiger partial charge in [0.05, 0.1) is 0 Å². The first-order chi connectivity index (χ1) is 8.07. The van der Waals surface area contributed by atoms with Gasteiger partial charge in [0.2, 0.25) is 0 Å². The Labute approximate surface area is 115 Å². The van der Waals surface area contributed by atoms with Gasteiger partial charge in [0.15, 0.2) is 0 Å². The minimum atomic E-state index is -1.33. The van der Waals surface area contributed by atoms with Crippen LogP contribution in [0, 0.1) is 0 Å². The fourth-order valence-electron chi connectivity index (χ4n) is 2.15. The lowest BCUT2D eigenvalue weighted by Crippen LogP contribution is -2.65. The summed E-state index contributed by atoms with van der Waals surface area (Å²) in [5.41, 5.74) is 0.377. The van der Waals surface area contributed by atoms with E-state index in [0.29, 0.717) is 6.04 Å². The van der Waals surface area contributed by atoms with Crippen molar-refractivity contribution in [2.24, 2.45) is 0 Å². The third-order valence-electron chi connectivity index (χ3n) is 3.51. The molecule has 1 aliphatic heterocycles. The van der Waals surface area contributed by atoms with Crippen LogP contribution in [0.5, 0.6) is 0 Å². The van der Waals surface area contributed by atoms with Gasteiger partial charge in [-0.3, -0.25) is 0 Å². The van der Waals surface area contributed by atoms with Crippen molar-refractivity contribution in [2.45, 2.75) is 78.9 Å². The summed E-state index contributed by atoms with van der Waals surface area (Å²) in [6.07, 6.45) is 5.73. The molecular formula is C14H31N3Si. The molecule has 0 aromatic heterocycles. The SMILES string of the molecule is CCC(C)N[SiH]1N(C(C)(C)C)C=CN1C(C)(C)C. The molecule has 0 radical (unpaired) electrons. The predicted octanol–water partition coefficient (Wildman–Crippen LogP) is 2.78. The fraction of sp³-hybridized carbons (Fsp3) is 0.857. The zero-order chi connectivity index (χ0) is 14.1. The Bertz CT molecular complexity index is 277. The molecule has 1 atom stereocenters. The van der Waals surface area contributed by atoms with Crippen molar-refractivity contribution in [3.05, 3.63) is 12.4 Å². The molecule has 0 aromatic rings. The second-order valence-corrected chi connectivity index (χ2v) is 9.50. The van der Waals surface area contributed by atoms with E-state index in [0.717, 1.165) is 0 Å². The summed E-state index contributed by atoms with van der Waals surface area (Å²) in [5.74, 6) is 0. The molecule has 0 aliphatic carbocycles. The van der Waals surface area contributed by atoms with Crippen LogP contribution in [0.2, 0.25) is 0 Å². The number of nitrogens with zero attached hydrogens (tertiary/aromatic N) is 2. The van der Waals surface area contributed by atoms with Crippen molar-refractivity contribution in [1.29, 1.82) is 0 Å². The van der Waals surface area contributed by atoms with Gasteiger partial charge in [-0.1, -0.05) is 13.8 Å². The van der Waals surface area contributed by atoms with Crippen LogP contribution in [0.3, 0.4) is 0 Å². The second kappa shape index (κ2) is 5.25. The molecule has 1 aliphatic rings. The topological polar surface area (TPSA) is 18.5 Å². The number of rotatable bonds is 3. The van der Waals surface area contributed by atoms with E-state index in [1.54, 1.807) is 0 Å². The standard InChI is InChI=1S/C14H31N3Si/c1-9-12(2)15-18-16(13(3,4)5)10-11-17(18)14(6,7)8/h10-12,15,18H,9H2,1-8H3. The number of nitrogens with one attached hydrogen (secondary N) is 1. The van der Waals surface area contributed by atoms with Crippen LogP contribution in [0.1, 0.15) is 61.8 Å². The van der Waals surface area contributed by atoms with Crippen LogP contribution in [-0.2, 0) is 0 Å². The molecule has 1 heterocycles. The highest BCUT2D eigenvalue weighted by atomic mass is 28.3. The molecule has 4 heteroatoms. The molecule has 18 heavy (non-hydrogen) atoms. The summed E-state index contributed by atoms with van der Waals surface area (Å²) in [7, 11) is -1.33. The second-order valence-electron chi connectivity index (χ2n) is 7.30. The van der Waals surface area contributed by atoms with Crippen LogP contribution in [-0.4, -0.2) is 35.5 Å². The van der Waals surface area contributed by atoms with Crippen molar-refractivity contribution >= 4 is 9.28 Å². The average molecular weight is 270 g/mol. The monoisotopic (exact) mass is 269 g/mol. The van der Waals surface area contributed by atoms with E-state index in [4.69, 9.17) is 0 Å². The maximum absolute atomic E-state index is 3.87. The molecule has 0 saturated carbocycles. The highest BCUT2D eigenvalue weighted by Gasteiger charge is 2.40. The van der Waals surface area contributed by atoms with Crippen LogP contribution in [0.4, 0.5) is 0 Å². The molecule has 0 amide bonds. The minimum Gasteiger partial charge on any atom is -0.371 e. The summed E-state index contributed by atoms with van der Waals surface area (Å²) in [5, 5.41) is 0. The van der Waals surface area contributed by atoms with Gasteiger partial charge in [0.1, 0.15) is 0 Å². The van der Waals surface area contributed by atoms with E-state index < -0.39 is 9.28 Å². The first kappa shape index (κ1) is 15.6. The summed E-state index contributed by atoms with van der Waals surface area (Å²) in [6, 6.07) is 0.580. The van der Waals surface area contributed by atoms with E-state index in [1.807, 2.05) is 0 Å². The average Bonchev–Trinajstić information content (AvgIpc) is 2.59. The van der Waals surface area contributed by atoms with Gasteiger partial charge in [-0.15, -0.1) is 0 Å². The molecular weight excluding hydrogens is 238 g/mol. The van der Waals surface area contributed by atoms with Gasteiger partial charge in [-0.05, 0) is 48.0 Å². The summed E-state index contributed by atoms with van der Waals surface area (Å²) < 4.78 is 5.09. The molecule has 3 nitrogen and oxygen atoms in total. The fourth-order valence-corrected chi connectivity index (χ4v) is 5.44. The van der Waals surface area contributed by atoms with Gasteiger partial charge < -0.3 is 14.1 Å². The van der Waals surface area contributed by atoms with Crippen LogP contribution < -0.4 is 4.98 Å². The molecule has 1 rings (SSSR count). The molecule has 1 N–H and O–H groups in total. The molecule has 0 aromatic carbocycles. The summed E-state index contributed by atoms with van der Waals surface area (Å²) in [6.45, 7) is 18.3. The highest BCUT2D eigenvalue weighted by Crippen LogP contribution is 2.27. The lowest BCUT2D eigenvalue weighted by Gasteiger charge is -2.45. The summed E-state index contributed by atoms with van der Waals surface area (Å²) in [4.78, 5) is 3.87. The Morgan fingerprint density at radius 2 is 1.39 bits per heavy atom. The Balaban J connectivity index is 2.93. The molecule has 0 saturated heterocycles. The number of hydrogen-bond donors (Lipinski definition) is 1. The maximum atomic E-state index is 3.87. The third-order valence-corrected chi connectivity index (χ3v) is 7.32. The third kappa shape index (κ3) is 3.51. The van der Waals surface area contributed by atoms with Crippen LogP contribution >= 0.6 is 0 Å². The first-order valence-electron chi connectivity index (χ1n) is 7.08. The largest absolute Gasteiger partial charge is 0.371 e. The van der Waals surface area contributed by atoms with E-state index in [-0.39, 0.29) is 11.1 Å². The Morgan fingerprint density at radius 1 is 1.00 bits per heavy atom. The number of hydrogen-bond acceptors (Lipinski definition) is 3. The van der Waals surface area contributed by atoms with Gasteiger partial charge in [-0.2, -0.15) is 0 Å². The van der Waals surface area contributed by atoms with E-state index in [2.05, 4.69) is 81.9 Å². The highest BCUT2D eigenvalue weighted by molar-refractivity contribution is 6.52. The molecule has 106 valence electrons. The van der Waals surface area contributed by atoms with Crippen LogP contribution in [0.15, 0.2) is 12.4 Å². The predicted molar refractivity (Wildman–Crippen MR) is 82.4 cm³/mol. The quantitative estimate of drug-likeness (QED) is 0.795. The van der Waals surface area contributed by atoms with Gasteiger partial charge in [-0.25, -0.2) is 0 Å².